The molecule has 20 heavy (non-hydrogen) atoms. The Kier molecular flexibility index (Phi) is 4.82. The summed E-state index contributed by atoms with van der Waals surface area (Å²) < 4.78 is 27.6. The molecule has 1 heterocycles. The van der Waals surface area contributed by atoms with Gasteiger partial charge in [0.05, 0.1) is 0 Å². The number of rotatable bonds is 8. The van der Waals surface area contributed by atoms with E-state index in [4.69, 9.17) is 0 Å². The van der Waals surface area contributed by atoms with Crippen LogP contribution in [0.4, 0.5) is 0 Å². The van der Waals surface area contributed by atoms with Crippen LogP contribution in [0.25, 0.3) is 0 Å². The fourth-order valence-electron chi connectivity index (χ4n) is 2.45. The Morgan fingerprint density at radius 1 is 1.40 bits per heavy atom. The van der Waals surface area contributed by atoms with E-state index in [1.54, 1.807) is 0 Å². The Balaban J connectivity index is 2.10. The predicted molar refractivity (Wildman–Crippen MR) is 77.8 cm³/mol. The van der Waals surface area contributed by atoms with Crippen LogP contribution < -0.4 is 10.0 Å². The van der Waals surface area contributed by atoms with E-state index >= 15 is 0 Å². The molecule has 3 N–H and O–H groups in total. The predicted octanol–water partition coefficient (Wildman–Crippen LogP) is 1.29. The molecule has 2 rings (SSSR count). The summed E-state index contributed by atoms with van der Waals surface area (Å²) in [6, 6.07) is 0.0870. The van der Waals surface area contributed by atoms with Crippen molar-refractivity contribution >= 4 is 10.0 Å². The van der Waals surface area contributed by atoms with E-state index in [1.807, 2.05) is 13.8 Å². The third-order valence-electron chi connectivity index (χ3n) is 3.73. The van der Waals surface area contributed by atoms with Gasteiger partial charge in [-0.1, -0.05) is 20.3 Å². The third kappa shape index (κ3) is 3.39. The molecule has 0 amide bonds. The molecule has 0 bridgehead atoms. The average Bonchev–Trinajstić information content (AvgIpc) is 2.98. The number of aryl methyl sites for hydroxylation is 1. The van der Waals surface area contributed by atoms with Crippen LogP contribution in [0.5, 0.6) is 0 Å². The second-order valence-corrected chi connectivity index (χ2v) is 7.05. The molecule has 114 valence electrons. The quantitative estimate of drug-likeness (QED) is 0.675. The lowest BCUT2D eigenvalue weighted by molar-refractivity contribution is 0.566. The lowest BCUT2D eigenvalue weighted by Gasteiger charge is -2.07. The first-order valence-corrected chi connectivity index (χ1v) is 8.74. The highest BCUT2D eigenvalue weighted by Gasteiger charge is 2.40. The van der Waals surface area contributed by atoms with Crippen LogP contribution in [0.3, 0.4) is 0 Å². The monoisotopic (exact) mass is 300 g/mol. The highest BCUT2D eigenvalue weighted by Crippen LogP contribution is 2.35. The summed E-state index contributed by atoms with van der Waals surface area (Å²) in [5.74, 6) is 0.493. The summed E-state index contributed by atoms with van der Waals surface area (Å²) in [6.07, 6.45) is 3.12. The number of aromatic nitrogens is 2. The van der Waals surface area contributed by atoms with Crippen LogP contribution in [-0.2, 0) is 16.6 Å². The highest BCUT2D eigenvalue weighted by atomic mass is 32.2. The van der Waals surface area contributed by atoms with Crippen molar-refractivity contribution in [2.24, 2.45) is 5.92 Å². The normalized spacial score (nSPS) is 22.1. The smallest absolute Gasteiger partial charge is 0.260 e. The van der Waals surface area contributed by atoms with Crippen LogP contribution in [0, 0.1) is 12.8 Å². The molecule has 0 aromatic carbocycles. The van der Waals surface area contributed by atoms with Crippen molar-refractivity contribution in [1.29, 1.82) is 0 Å². The van der Waals surface area contributed by atoms with E-state index < -0.39 is 10.0 Å². The molecule has 6 nitrogen and oxygen atoms in total. The van der Waals surface area contributed by atoms with Crippen molar-refractivity contribution in [3.8, 4) is 0 Å². The van der Waals surface area contributed by atoms with Crippen LogP contribution in [0.15, 0.2) is 5.03 Å². The van der Waals surface area contributed by atoms with Gasteiger partial charge in [0.2, 0.25) is 0 Å². The molecule has 0 saturated heterocycles. The first-order valence-electron chi connectivity index (χ1n) is 7.26. The first kappa shape index (κ1) is 15.5. The Morgan fingerprint density at radius 3 is 2.80 bits per heavy atom. The molecule has 1 aromatic rings. The molecule has 0 radical (unpaired) electrons. The molecule has 2 atom stereocenters. The fourth-order valence-corrected chi connectivity index (χ4v) is 3.96. The maximum Gasteiger partial charge on any atom is 0.260 e. The zero-order valence-electron chi connectivity index (χ0n) is 12.4. The number of aromatic amines is 1. The summed E-state index contributed by atoms with van der Waals surface area (Å²) in [5, 5.41) is 10.0. The van der Waals surface area contributed by atoms with Gasteiger partial charge < -0.3 is 5.32 Å². The van der Waals surface area contributed by atoms with Crippen molar-refractivity contribution in [3.63, 3.8) is 0 Å². The fraction of sp³-hybridized carbons (Fsp3) is 0.769. The molecule has 1 saturated carbocycles. The molecular formula is C13H24N4O2S. The number of sulfonamides is 1. The minimum atomic E-state index is -3.52. The second-order valence-electron chi connectivity index (χ2n) is 5.42. The molecule has 7 heteroatoms. The van der Waals surface area contributed by atoms with Gasteiger partial charge in [-0.15, -0.1) is 0 Å². The van der Waals surface area contributed by atoms with Crippen molar-refractivity contribution in [2.45, 2.75) is 57.6 Å². The SMILES string of the molecule is CCCC1CC1NS(=O)(=O)c1n[nH]c(C)c1CNCC. The molecule has 0 spiro atoms. The van der Waals surface area contributed by atoms with Crippen LogP contribution in [0.2, 0.25) is 0 Å². The zero-order chi connectivity index (χ0) is 14.8. The van der Waals surface area contributed by atoms with Crippen LogP contribution in [-0.4, -0.2) is 31.2 Å². The summed E-state index contributed by atoms with van der Waals surface area (Å²) in [7, 11) is -3.52. The molecule has 2 unspecified atom stereocenters. The van der Waals surface area contributed by atoms with Gasteiger partial charge in [0.25, 0.3) is 10.0 Å². The standard InChI is InChI=1S/C13H24N4O2S/c1-4-6-10-7-12(10)17-20(18,19)13-11(8-14-5-2)9(3)15-16-13/h10,12,14,17H,4-8H2,1-3H3,(H,15,16). The molecular weight excluding hydrogens is 276 g/mol. The Hall–Kier alpha value is -0.920. The van der Waals surface area contributed by atoms with Gasteiger partial charge in [0, 0.05) is 23.8 Å². The van der Waals surface area contributed by atoms with Crippen molar-refractivity contribution in [1.82, 2.24) is 20.2 Å². The van der Waals surface area contributed by atoms with Gasteiger partial charge in [-0.2, -0.15) is 5.10 Å². The number of nitrogens with zero attached hydrogens (tertiary/aromatic N) is 1. The second kappa shape index (κ2) is 6.24. The topological polar surface area (TPSA) is 86.9 Å². The molecule has 0 aliphatic heterocycles. The lowest BCUT2D eigenvalue weighted by atomic mass is 10.2. The summed E-state index contributed by atoms with van der Waals surface area (Å²) in [4.78, 5) is 0. The van der Waals surface area contributed by atoms with Gasteiger partial charge >= 0.3 is 0 Å². The summed E-state index contributed by atoms with van der Waals surface area (Å²) in [5.41, 5.74) is 1.53. The maximum atomic E-state index is 12.4. The molecule has 1 fully saturated rings. The first-order chi connectivity index (χ1) is 9.49. The lowest BCUT2D eigenvalue weighted by Crippen LogP contribution is -2.29. The van der Waals surface area contributed by atoms with E-state index in [1.165, 1.54) is 0 Å². The van der Waals surface area contributed by atoms with E-state index in [0.29, 0.717) is 12.5 Å². The maximum absolute atomic E-state index is 12.4. The highest BCUT2D eigenvalue weighted by molar-refractivity contribution is 7.89. The van der Waals surface area contributed by atoms with Crippen molar-refractivity contribution in [2.75, 3.05) is 6.54 Å². The van der Waals surface area contributed by atoms with E-state index in [-0.39, 0.29) is 11.1 Å². The number of hydrogen-bond donors (Lipinski definition) is 3. The number of hydrogen-bond acceptors (Lipinski definition) is 4. The number of nitrogens with one attached hydrogen (secondary N) is 3. The third-order valence-corrected chi connectivity index (χ3v) is 5.19. The van der Waals surface area contributed by atoms with Gasteiger partial charge in [-0.25, -0.2) is 13.1 Å². The summed E-state index contributed by atoms with van der Waals surface area (Å²) in [6.45, 7) is 7.25. The minimum Gasteiger partial charge on any atom is -0.313 e. The molecule has 1 aliphatic rings. The number of H-pyrrole nitrogens is 1. The molecule has 1 aliphatic carbocycles. The van der Waals surface area contributed by atoms with Crippen molar-refractivity contribution < 1.29 is 8.42 Å². The Morgan fingerprint density at radius 2 is 2.15 bits per heavy atom. The largest absolute Gasteiger partial charge is 0.313 e. The van der Waals surface area contributed by atoms with Crippen molar-refractivity contribution in [3.05, 3.63) is 11.3 Å². The molecule has 1 aromatic heterocycles. The summed E-state index contributed by atoms with van der Waals surface area (Å²) >= 11 is 0. The minimum absolute atomic E-state index is 0.0870. The van der Waals surface area contributed by atoms with Gasteiger partial charge in [-0.05, 0) is 32.2 Å². The Bertz CT molecular complexity index is 553. The Labute approximate surface area is 120 Å². The van der Waals surface area contributed by atoms with E-state index in [2.05, 4.69) is 27.2 Å². The average molecular weight is 300 g/mol. The van der Waals surface area contributed by atoms with Gasteiger partial charge in [0.1, 0.15) is 0 Å². The van der Waals surface area contributed by atoms with Crippen LogP contribution in [0.1, 0.15) is 44.4 Å². The van der Waals surface area contributed by atoms with E-state index in [9.17, 15) is 8.42 Å². The van der Waals surface area contributed by atoms with Gasteiger partial charge in [0.15, 0.2) is 5.03 Å². The zero-order valence-corrected chi connectivity index (χ0v) is 13.2. The van der Waals surface area contributed by atoms with Gasteiger partial charge in [-0.3, -0.25) is 5.10 Å². The van der Waals surface area contributed by atoms with Crippen LogP contribution >= 0.6 is 0 Å². The van der Waals surface area contributed by atoms with E-state index in [0.717, 1.165) is 37.1 Å².